The minimum absolute atomic E-state index is 0.0650. The Labute approximate surface area is 188 Å². The van der Waals surface area contributed by atoms with E-state index < -0.39 is 5.60 Å². The molecule has 0 amide bonds. The molecule has 0 radical (unpaired) electrons. The molecular weight excluding hydrogens is 384 g/mol. The van der Waals surface area contributed by atoms with E-state index in [9.17, 15) is 15.0 Å². The van der Waals surface area contributed by atoms with Gasteiger partial charge in [-0.1, -0.05) is 44.2 Å². The Morgan fingerprint density at radius 1 is 1.03 bits per heavy atom. The average molecular weight is 425 g/mol. The van der Waals surface area contributed by atoms with Gasteiger partial charge in [0.05, 0.1) is 6.10 Å². The van der Waals surface area contributed by atoms with E-state index in [2.05, 4.69) is 38.7 Å². The van der Waals surface area contributed by atoms with Gasteiger partial charge >= 0.3 is 0 Å². The summed E-state index contributed by atoms with van der Waals surface area (Å²) in [6.45, 7) is 10.5. The quantitative estimate of drug-likeness (QED) is 0.560. The first-order valence-electron chi connectivity index (χ1n) is 12.4. The summed E-state index contributed by atoms with van der Waals surface area (Å²) in [6.07, 6.45) is 16.6. The summed E-state index contributed by atoms with van der Waals surface area (Å²) < 4.78 is 0. The maximum atomic E-state index is 12.5. The van der Waals surface area contributed by atoms with Gasteiger partial charge in [-0.15, -0.1) is 0 Å². The Bertz CT molecular complexity index is 842. The summed E-state index contributed by atoms with van der Waals surface area (Å²) in [5, 5.41) is 20.4. The fourth-order valence-corrected chi connectivity index (χ4v) is 7.12. The number of aliphatic hydroxyl groups is 2. The van der Waals surface area contributed by atoms with Gasteiger partial charge in [-0.05, 0) is 111 Å². The van der Waals surface area contributed by atoms with Gasteiger partial charge in [-0.3, -0.25) is 4.79 Å². The minimum Gasteiger partial charge on any atom is -0.388 e. The topological polar surface area (TPSA) is 57.5 Å². The summed E-state index contributed by atoms with van der Waals surface area (Å²) >= 11 is 0. The molecule has 3 nitrogen and oxygen atoms in total. The van der Waals surface area contributed by atoms with E-state index in [1.807, 2.05) is 0 Å². The molecule has 6 atom stereocenters. The van der Waals surface area contributed by atoms with Crippen LogP contribution in [0.5, 0.6) is 0 Å². The predicted molar refractivity (Wildman–Crippen MR) is 125 cm³/mol. The number of rotatable bonds is 3. The lowest BCUT2D eigenvalue weighted by Crippen LogP contribution is -2.35. The van der Waals surface area contributed by atoms with Gasteiger partial charge < -0.3 is 10.2 Å². The molecule has 0 saturated heterocycles. The number of ketones is 1. The molecule has 0 spiro atoms. The van der Waals surface area contributed by atoms with Gasteiger partial charge in [0.15, 0.2) is 5.78 Å². The first-order valence-corrected chi connectivity index (χ1v) is 12.4. The maximum absolute atomic E-state index is 12.5. The highest BCUT2D eigenvalue weighted by molar-refractivity contribution is 6.03. The molecule has 2 N–H and O–H groups in total. The summed E-state index contributed by atoms with van der Waals surface area (Å²) in [7, 11) is 0. The number of carbonyl (C=O) groups excluding carboxylic acids is 1. The molecule has 0 aromatic rings. The zero-order valence-corrected chi connectivity index (χ0v) is 19.6. The lowest BCUT2D eigenvalue weighted by atomic mass is 9.61. The number of aliphatic hydroxyl groups excluding tert-OH is 1. The van der Waals surface area contributed by atoms with E-state index in [0.717, 1.165) is 30.4 Å². The lowest BCUT2D eigenvalue weighted by molar-refractivity contribution is -0.129. The van der Waals surface area contributed by atoms with E-state index in [1.54, 1.807) is 12.5 Å². The van der Waals surface area contributed by atoms with Gasteiger partial charge in [0.25, 0.3) is 0 Å². The number of hydrogen-bond acceptors (Lipinski definition) is 3. The second-order valence-corrected chi connectivity index (χ2v) is 11.1. The Kier molecular flexibility index (Phi) is 6.22. The number of carbonyl (C=O) groups is 1. The Hall–Kier alpha value is -1.45. The molecule has 0 aromatic carbocycles. The highest BCUT2D eigenvalue weighted by atomic mass is 16.3. The zero-order valence-electron chi connectivity index (χ0n) is 19.6. The van der Waals surface area contributed by atoms with Crippen molar-refractivity contribution in [1.29, 1.82) is 0 Å². The fourth-order valence-electron chi connectivity index (χ4n) is 7.12. The van der Waals surface area contributed by atoms with Crippen molar-refractivity contribution < 1.29 is 15.0 Å². The second kappa shape index (κ2) is 8.48. The van der Waals surface area contributed by atoms with Crippen LogP contribution in [-0.4, -0.2) is 27.7 Å². The summed E-state index contributed by atoms with van der Waals surface area (Å²) in [5.74, 6) is 1.47. The number of allylic oxidation sites excluding steroid dienone is 4. The molecule has 0 heterocycles. The highest BCUT2D eigenvalue weighted by Crippen LogP contribution is 2.59. The largest absolute Gasteiger partial charge is 0.388 e. The van der Waals surface area contributed by atoms with Crippen LogP contribution < -0.4 is 0 Å². The molecule has 0 bridgehead atoms. The van der Waals surface area contributed by atoms with Crippen molar-refractivity contribution in [3.63, 3.8) is 0 Å². The van der Waals surface area contributed by atoms with Crippen LogP contribution in [-0.2, 0) is 4.79 Å². The molecule has 4 aliphatic carbocycles. The van der Waals surface area contributed by atoms with E-state index in [-0.39, 0.29) is 17.3 Å². The van der Waals surface area contributed by atoms with Gasteiger partial charge in [-0.2, -0.15) is 0 Å². The summed E-state index contributed by atoms with van der Waals surface area (Å²) in [4.78, 5) is 12.5. The van der Waals surface area contributed by atoms with Crippen LogP contribution in [0.4, 0.5) is 0 Å². The molecule has 4 rings (SSSR count). The molecule has 31 heavy (non-hydrogen) atoms. The minimum atomic E-state index is -1.17. The van der Waals surface area contributed by atoms with Crippen molar-refractivity contribution >= 4 is 5.78 Å². The fraction of sp³-hybridized carbons (Fsp3) is 0.679. The van der Waals surface area contributed by atoms with E-state index >= 15 is 0 Å². The van der Waals surface area contributed by atoms with Crippen molar-refractivity contribution in [2.24, 2.45) is 23.2 Å². The van der Waals surface area contributed by atoms with Gasteiger partial charge in [0.2, 0.25) is 0 Å². The van der Waals surface area contributed by atoms with Gasteiger partial charge in [-0.25, -0.2) is 0 Å². The van der Waals surface area contributed by atoms with E-state index in [1.165, 1.54) is 37.7 Å². The van der Waals surface area contributed by atoms with Crippen LogP contribution >= 0.6 is 0 Å². The molecule has 4 aliphatic rings. The zero-order chi connectivity index (χ0) is 22.4. The highest BCUT2D eigenvalue weighted by Gasteiger charge is 2.50. The molecular formula is C28H40O3. The Morgan fingerprint density at radius 3 is 2.52 bits per heavy atom. The van der Waals surface area contributed by atoms with Crippen molar-refractivity contribution in [3.05, 3.63) is 47.1 Å². The molecule has 6 unspecified atom stereocenters. The van der Waals surface area contributed by atoms with Gasteiger partial charge in [0.1, 0.15) is 5.60 Å². The number of hydrogen-bond donors (Lipinski definition) is 2. The smallest absolute Gasteiger partial charge is 0.189 e. The Balaban J connectivity index is 1.53. The molecule has 170 valence electrons. The molecule has 4 saturated carbocycles. The van der Waals surface area contributed by atoms with Crippen LogP contribution in [0.3, 0.4) is 0 Å². The third kappa shape index (κ3) is 4.16. The molecule has 0 aliphatic heterocycles. The van der Waals surface area contributed by atoms with Crippen molar-refractivity contribution in [1.82, 2.24) is 0 Å². The standard InChI is InChI=1S/C28H40O3/c1-18(17-22-14-16-28(4,31)26(22)30)23-12-13-24-21(8-6-15-27(23,24)3)11-10-20-7-5-9-25(29)19(20)2/h10-11,17-18,23-25,29,31H,2,5-9,12-16H2,1,3-4H3/b20-10-,21-11+,22-17-. The molecule has 3 heteroatoms. The average Bonchev–Trinajstić information content (AvgIpc) is 3.20. The number of Topliss-reactive ketones (excluding diaryl/α,β-unsaturated/α-hetero) is 1. The first kappa shape index (κ1) is 22.7. The van der Waals surface area contributed by atoms with E-state index in [4.69, 9.17) is 0 Å². The molecule has 4 fully saturated rings. The normalized spacial score (nSPS) is 43.8. The van der Waals surface area contributed by atoms with Crippen molar-refractivity contribution in [2.75, 3.05) is 0 Å². The van der Waals surface area contributed by atoms with E-state index in [0.29, 0.717) is 30.6 Å². The third-order valence-electron chi connectivity index (χ3n) is 9.04. The third-order valence-corrected chi connectivity index (χ3v) is 9.04. The Morgan fingerprint density at radius 2 is 1.81 bits per heavy atom. The predicted octanol–water partition coefficient (Wildman–Crippen LogP) is 5.83. The molecule has 0 aromatic heterocycles. The van der Waals surface area contributed by atoms with Crippen molar-refractivity contribution in [3.8, 4) is 0 Å². The van der Waals surface area contributed by atoms with Crippen LogP contribution in [0, 0.1) is 23.2 Å². The van der Waals surface area contributed by atoms with Crippen LogP contribution in [0.15, 0.2) is 47.1 Å². The van der Waals surface area contributed by atoms with Crippen LogP contribution in [0.25, 0.3) is 0 Å². The summed E-state index contributed by atoms with van der Waals surface area (Å²) in [5.41, 5.74) is 3.64. The van der Waals surface area contributed by atoms with Gasteiger partial charge in [0, 0.05) is 0 Å². The SMILES string of the molecule is C=C1/C(=C\C=C2/CCCC3(C)C2CCC3C(C)/C=C2/CCC(C)(O)C2=O)CCCC1O. The monoisotopic (exact) mass is 424 g/mol. The number of fused-ring (bicyclic) bond motifs is 1. The lowest BCUT2D eigenvalue weighted by Gasteiger charge is -2.44. The maximum Gasteiger partial charge on any atom is 0.189 e. The van der Waals surface area contributed by atoms with Crippen LogP contribution in [0.2, 0.25) is 0 Å². The first-order chi connectivity index (χ1) is 14.6. The van der Waals surface area contributed by atoms with Crippen LogP contribution in [0.1, 0.15) is 85.0 Å². The summed E-state index contributed by atoms with van der Waals surface area (Å²) in [6, 6.07) is 0. The van der Waals surface area contributed by atoms with Crippen molar-refractivity contribution in [2.45, 2.75) is 96.7 Å². The second-order valence-electron chi connectivity index (χ2n) is 11.1.